The molecule has 1 aromatic rings. The Hall–Kier alpha value is -1.43. The Morgan fingerprint density at radius 2 is 2.31 bits per heavy atom. The average molecular weight is 178 g/mol. The zero-order chi connectivity index (χ0) is 9.68. The molecule has 0 aliphatic rings. The largest absolute Gasteiger partial charge is 0.430 e. The molecular weight excluding hydrogens is 164 g/mol. The Labute approximate surface area is 78.4 Å². The Balaban J connectivity index is 2.34. The topological polar surface area (TPSA) is 49.0 Å². The number of nitrogens with zero attached hydrogens (tertiary/aromatic N) is 1. The number of nitrogens with one attached hydrogen (secondary N) is 1. The van der Waals surface area contributed by atoms with Crippen LogP contribution in [0.2, 0.25) is 0 Å². The standard InChI is InChI=1S/C10H14N2O/c1-8(2)5-6-12-10-4-3-9(7-11)13-10/h3-4,8,12H,5-6H2,1-2H3. The first kappa shape index (κ1) is 9.66. The van der Waals surface area contributed by atoms with E-state index in [1.54, 1.807) is 12.1 Å². The van der Waals surface area contributed by atoms with E-state index in [4.69, 9.17) is 9.68 Å². The summed E-state index contributed by atoms with van der Waals surface area (Å²) < 4.78 is 5.14. The summed E-state index contributed by atoms with van der Waals surface area (Å²) in [5.41, 5.74) is 0. The van der Waals surface area contributed by atoms with Gasteiger partial charge in [-0.1, -0.05) is 13.8 Å². The van der Waals surface area contributed by atoms with E-state index in [9.17, 15) is 0 Å². The van der Waals surface area contributed by atoms with E-state index >= 15 is 0 Å². The molecule has 0 atom stereocenters. The van der Waals surface area contributed by atoms with E-state index in [2.05, 4.69) is 19.2 Å². The van der Waals surface area contributed by atoms with Crippen molar-refractivity contribution in [1.82, 2.24) is 0 Å². The molecule has 13 heavy (non-hydrogen) atoms. The highest BCUT2D eigenvalue weighted by molar-refractivity contribution is 5.35. The van der Waals surface area contributed by atoms with Gasteiger partial charge in [-0.25, -0.2) is 0 Å². The summed E-state index contributed by atoms with van der Waals surface area (Å²) in [6.07, 6.45) is 1.10. The fourth-order valence-electron chi connectivity index (χ4n) is 0.977. The van der Waals surface area contributed by atoms with E-state index in [0.29, 0.717) is 17.6 Å². The number of hydrogen-bond donors (Lipinski definition) is 1. The van der Waals surface area contributed by atoms with E-state index in [0.717, 1.165) is 13.0 Å². The summed E-state index contributed by atoms with van der Waals surface area (Å²) in [7, 11) is 0. The molecule has 0 aromatic carbocycles. The smallest absolute Gasteiger partial charge is 0.206 e. The van der Waals surface area contributed by atoms with Gasteiger partial charge in [0.2, 0.25) is 5.76 Å². The summed E-state index contributed by atoms with van der Waals surface area (Å²) in [5, 5.41) is 11.6. The minimum atomic E-state index is 0.354. The molecule has 0 saturated heterocycles. The first-order valence-electron chi connectivity index (χ1n) is 4.46. The molecule has 0 saturated carbocycles. The van der Waals surface area contributed by atoms with Crippen molar-refractivity contribution in [2.24, 2.45) is 5.92 Å². The van der Waals surface area contributed by atoms with Crippen LogP contribution in [-0.4, -0.2) is 6.54 Å². The molecule has 0 bridgehead atoms. The van der Waals surface area contributed by atoms with Crippen LogP contribution in [0.1, 0.15) is 26.0 Å². The average Bonchev–Trinajstić information content (AvgIpc) is 2.52. The second kappa shape index (κ2) is 4.56. The SMILES string of the molecule is CC(C)CCNc1ccc(C#N)o1. The van der Waals surface area contributed by atoms with Gasteiger partial charge >= 0.3 is 0 Å². The van der Waals surface area contributed by atoms with Crippen molar-refractivity contribution >= 4 is 5.88 Å². The molecule has 1 aromatic heterocycles. The Morgan fingerprint density at radius 1 is 1.54 bits per heavy atom. The monoisotopic (exact) mass is 178 g/mol. The van der Waals surface area contributed by atoms with Gasteiger partial charge in [0.25, 0.3) is 0 Å². The summed E-state index contributed by atoms with van der Waals surface area (Å²) >= 11 is 0. The van der Waals surface area contributed by atoms with Crippen molar-refractivity contribution in [3.8, 4) is 6.07 Å². The Morgan fingerprint density at radius 3 is 2.85 bits per heavy atom. The van der Waals surface area contributed by atoms with Gasteiger partial charge in [-0.05, 0) is 18.4 Å². The van der Waals surface area contributed by atoms with Gasteiger partial charge in [-0.3, -0.25) is 0 Å². The third kappa shape index (κ3) is 3.20. The molecule has 3 nitrogen and oxygen atoms in total. The number of rotatable bonds is 4. The van der Waals surface area contributed by atoms with Crippen LogP contribution in [0.5, 0.6) is 0 Å². The van der Waals surface area contributed by atoms with Crippen molar-refractivity contribution in [2.45, 2.75) is 20.3 Å². The first-order chi connectivity index (χ1) is 6.22. The minimum absolute atomic E-state index is 0.354. The zero-order valence-electron chi connectivity index (χ0n) is 8.00. The van der Waals surface area contributed by atoms with Crippen LogP contribution < -0.4 is 5.32 Å². The van der Waals surface area contributed by atoms with Crippen LogP contribution in [0, 0.1) is 17.2 Å². The molecule has 0 aliphatic carbocycles. The fraction of sp³-hybridized carbons (Fsp3) is 0.500. The molecule has 0 spiro atoms. The number of anilines is 1. The lowest BCUT2D eigenvalue weighted by Gasteiger charge is -2.04. The lowest BCUT2D eigenvalue weighted by atomic mass is 10.1. The molecule has 1 N–H and O–H groups in total. The van der Waals surface area contributed by atoms with Crippen LogP contribution in [0.15, 0.2) is 16.5 Å². The highest BCUT2D eigenvalue weighted by Gasteiger charge is 1.99. The van der Waals surface area contributed by atoms with Gasteiger partial charge in [-0.15, -0.1) is 0 Å². The summed E-state index contributed by atoms with van der Waals surface area (Å²) in [6, 6.07) is 5.38. The first-order valence-corrected chi connectivity index (χ1v) is 4.46. The van der Waals surface area contributed by atoms with Crippen LogP contribution in [0.4, 0.5) is 5.88 Å². The molecule has 70 valence electrons. The van der Waals surface area contributed by atoms with Crippen LogP contribution in [-0.2, 0) is 0 Å². The van der Waals surface area contributed by atoms with Gasteiger partial charge < -0.3 is 9.73 Å². The van der Waals surface area contributed by atoms with Crippen molar-refractivity contribution < 1.29 is 4.42 Å². The van der Waals surface area contributed by atoms with Crippen LogP contribution in [0.25, 0.3) is 0 Å². The molecule has 0 radical (unpaired) electrons. The summed E-state index contributed by atoms with van der Waals surface area (Å²) in [5.74, 6) is 1.71. The summed E-state index contributed by atoms with van der Waals surface area (Å²) in [6.45, 7) is 5.23. The molecular formula is C10H14N2O. The van der Waals surface area contributed by atoms with Crippen LogP contribution in [0.3, 0.4) is 0 Å². The second-order valence-corrected chi connectivity index (χ2v) is 3.38. The third-order valence-electron chi connectivity index (χ3n) is 1.74. The number of hydrogen-bond acceptors (Lipinski definition) is 3. The van der Waals surface area contributed by atoms with Gasteiger partial charge in [0, 0.05) is 12.6 Å². The molecule has 0 amide bonds. The second-order valence-electron chi connectivity index (χ2n) is 3.38. The van der Waals surface area contributed by atoms with Crippen molar-refractivity contribution in [3.63, 3.8) is 0 Å². The highest BCUT2D eigenvalue weighted by atomic mass is 16.4. The molecule has 0 unspecified atom stereocenters. The van der Waals surface area contributed by atoms with Gasteiger partial charge in [0.1, 0.15) is 6.07 Å². The fourth-order valence-corrected chi connectivity index (χ4v) is 0.977. The van der Waals surface area contributed by atoms with Gasteiger partial charge in [0.05, 0.1) is 0 Å². The Bertz CT molecular complexity index is 296. The molecule has 3 heteroatoms. The Kier molecular flexibility index (Phi) is 3.39. The van der Waals surface area contributed by atoms with Crippen LogP contribution >= 0.6 is 0 Å². The van der Waals surface area contributed by atoms with E-state index < -0.39 is 0 Å². The molecule has 0 aliphatic heterocycles. The quantitative estimate of drug-likeness (QED) is 0.770. The predicted molar refractivity (Wildman–Crippen MR) is 51.4 cm³/mol. The van der Waals surface area contributed by atoms with Crippen molar-refractivity contribution in [3.05, 3.63) is 17.9 Å². The van der Waals surface area contributed by atoms with Gasteiger partial charge in [-0.2, -0.15) is 5.26 Å². The lowest BCUT2D eigenvalue weighted by Crippen LogP contribution is -2.03. The molecule has 1 heterocycles. The summed E-state index contributed by atoms with van der Waals surface area (Å²) in [4.78, 5) is 0. The maximum atomic E-state index is 8.49. The zero-order valence-corrected chi connectivity index (χ0v) is 8.00. The van der Waals surface area contributed by atoms with Gasteiger partial charge in [0.15, 0.2) is 5.88 Å². The van der Waals surface area contributed by atoms with Crippen molar-refractivity contribution in [1.29, 1.82) is 5.26 Å². The molecule has 1 rings (SSSR count). The number of nitriles is 1. The third-order valence-corrected chi connectivity index (χ3v) is 1.74. The van der Waals surface area contributed by atoms with E-state index in [-0.39, 0.29) is 0 Å². The predicted octanol–water partition coefficient (Wildman–Crippen LogP) is 2.61. The van der Waals surface area contributed by atoms with E-state index in [1.165, 1.54) is 0 Å². The molecule has 0 fully saturated rings. The lowest BCUT2D eigenvalue weighted by molar-refractivity contribution is 0.552. The maximum absolute atomic E-state index is 8.49. The number of furan rings is 1. The van der Waals surface area contributed by atoms with Crippen molar-refractivity contribution in [2.75, 3.05) is 11.9 Å². The normalized spacial score (nSPS) is 10.0. The minimum Gasteiger partial charge on any atom is -0.430 e. The van der Waals surface area contributed by atoms with E-state index in [1.807, 2.05) is 6.07 Å². The maximum Gasteiger partial charge on any atom is 0.206 e. The highest BCUT2D eigenvalue weighted by Crippen LogP contribution is 2.12.